The number of sulfonamides is 1. The smallest absolute Gasteiger partial charge is 0.339 e. The first-order valence-corrected chi connectivity index (χ1v) is 10.1. The van der Waals surface area contributed by atoms with Crippen molar-refractivity contribution in [2.24, 2.45) is 0 Å². The van der Waals surface area contributed by atoms with Gasteiger partial charge >= 0.3 is 5.97 Å². The highest BCUT2D eigenvalue weighted by molar-refractivity contribution is 7.92. The van der Waals surface area contributed by atoms with E-state index in [1.54, 1.807) is 31.2 Å². The summed E-state index contributed by atoms with van der Waals surface area (Å²) in [6.45, 7) is 1.24. The summed E-state index contributed by atoms with van der Waals surface area (Å²) in [4.78, 5) is 24.3. The molecule has 0 aliphatic rings. The van der Waals surface area contributed by atoms with Crippen LogP contribution in [0.15, 0.2) is 42.5 Å². The summed E-state index contributed by atoms with van der Waals surface area (Å²) in [6.07, 6.45) is 1.01. The van der Waals surface area contributed by atoms with E-state index in [2.05, 4.69) is 10.1 Å². The highest BCUT2D eigenvalue weighted by Gasteiger charge is 2.23. The summed E-state index contributed by atoms with van der Waals surface area (Å²) in [5.74, 6) is -1.22. The van der Waals surface area contributed by atoms with Crippen LogP contribution in [0.5, 0.6) is 0 Å². The van der Waals surface area contributed by atoms with Gasteiger partial charge in [-0.25, -0.2) is 13.2 Å². The van der Waals surface area contributed by atoms with Crippen molar-refractivity contribution < 1.29 is 22.7 Å². The van der Waals surface area contributed by atoms with Gasteiger partial charge in [0.1, 0.15) is 6.54 Å². The van der Waals surface area contributed by atoms with E-state index < -0.39 is 28.4 Å². The molecular formula is C18H19ClN2O5S. The van der Waals surface area contributed by atoms with Crippen LogP contribution in [-0.4, -0.2) is 40.2 Å². The molecule has 0 saturated heterocycles. The molecule has 2 aromatic carbocycles. The summed E-state index contributed by atoms with van der Waals surface area (Å²) in [5.41, 5.74) is 1.35. The quantitative estimate of drug-likeness (QED) is 0.739. The van der Waals surface area contributed by atoms with Crippen LogP contribution in [-0.2, 0) is 19.6 Å². The number of aryl methyl sites for hydroxylation is 1. The molecule has 0 aliphatic carbocycles. The fraction of sp³-hybridized carbons (Fsp3) is 0.222. The van der Waals surface area contributed by atoms with Gasteiger partial charge in [0.25, 0.3) is 0 Å². The Morgan fingerprint density at radius 3 is 2.44 bits per heavy atom. The van der Waals surface area contributed by atoms with Crippen LogP contribution < -0.4 is 9.62 Å². The van der Waals surface area contributed by atoms with Crippen LogP contribution in [0.25, 0.3) is 0 Å². The standard InChI is InChI=1S/C18H19ClN2O5S/c1-12-10-13(19)8-9-16(12)21(27(3,24)25)11-17(22)20-15-7-5-4-6-14(15)18(23)26-2/h4-10H,11H2,1-3H3,(H,20,22). The number of carbonyl (C=O) groups excluding carboxylic acids is 2. The topological polar surface area (TPSA) is 92.8 Å². The first-order chi connectivity index (χ1) is 12.6. The molecule has 0 fully saturated rings. The van der Waals surface area contributed by atoms with Gasteiger partial charge in [0.15, 0.2) is 0 Å². The van der Waals surface area contributed by atoms with E-state index >= 15 is 0 Å². The number of halogens is 1. The maximum absolute atomic E-state index is 12.5. The van der Waals surface area contributed by atoms with Crippen LogP contribution in [0.1, 0.15) is 15.9 Å². The van der Waals surface area contributed by atoms with Gasteiger partial charge in [-0.15, -0.1) is 0 Å². The van der Waals surface area contributed by atoms with Crippen molar-refractivity contribution in [1.29, 1.82) is 0 Å². The molecule has 0 aromatic heterocycles. The Bertz CT molecular complexity index is 975. The Morgan fingerprint density at radius 1 is 1.19 bits per heavy atom. The Balaban J connectivity index is 2.30. The van der Waals surface area contributed by atoms with Crippen molar-refractivity contribution in [3.63, 3.8) is 0 Å². The zero-order valence-corrected chi connectivity index (χ0v) is 16.6. The molecule has 9 heteroatoms. The van der Waals surface area contributed by atoms with E-state index in [4.69, 9.17) is 11.6 Å². The Kier molecular flexibility index (Phi) is 6.45. The second kappa shape index (κ2) is 8.41. The van der Waals surface area contributed by atoms with Gasteiger partial charge in [0.2, 0.25) is 15.9 Å². The summed E-state index contributed by atoms with van der Waals surface area (Å²) in [7, 11) is -2.50. The lowest BCUT2D eigenvalue weighted by Crippen LogP contribution is -2.38. The Morgan fingerprint density at radius 2 is 1.85 bits per heavy atom. The van der Waals surface area contributed by atoms with Gasteiger partial charge in [-0.2, -0.15) is 0 Å². The maximum atomic E-state index is 12.5. The summed E-state index contributed by atoms with van der Waals surface area (Å²) in [5, 5.41) is 3.02. The third kappa shape index (κ3) is 5.21. The van der Waals surface area contributed by atoms with Crippen molar-refractivity contribution in [2.45, 2.75) is 6.92 Å². The van der Waals surface area contributed by atoms with Crippen molar-refractivity contribution in [2.75, 3.05) is 29.5 Å². The summed E-state index contributed by atoms with van der Waals surface area (Å²) >= 11 is 5.92. The third-order valence-corrected chi connectivity index (χ3v) is 5.08. The van der Waals surface area contributed by atoms with Gasteiger partial charge in [-0.05, 0) is 42.8 Å². The zero-order valence-electron chi connectivity index (χ0n) is 15.0. The molecule has 27 heavy (non-hydrogen) atoms. The molecule has 7 nitrogen and oxygen atoms in total. The lowest BCUT2D eigenvalue weighted by atomic mass is 10.1. The normalized spacial score (nSPS) is 11.0. The number of ether oxygens (including phenoxy) is 1. The molecule has 2 aromatic rings. The predicted molar refractivity (Wildman–Crippen MR) is 105 cm³/mol. The van der Waals surface area contributed by atoms with Crippen LogP contribution in [0, 0.1) is 6.92 Å². The molecule has 1 amide bonds. The summed E-state index contributed by atoms with van der Waals surface area (Å²) in [6, 6.07) is 11.0. The van der Waals surface area contributed by atoms with Crippen LogP contribution in [0.2, 0.25) is 5.02 Å². The van der Waals surface area contributed by atoms with E-state index in [9.17, 15) is 18.0 Å². The van der Waals surface area contributed by atoms with Crippen molar-refractivity contribution in [3.8, 4) is 0 Å². The van der Waals surface area contributed by atoms with E-state index in [-0.39, 0.29) is 11.3 Å². The minimum absolute atomic E-state index is 0.168. The molecule has 0 spiro atoms. The first kappa shape index (κ1) is 20.7. The van der Waals surface area contributed by atoms with Gasteiger partial charge in [0.05, 0.1) is 30.3 Å². The number of nitrogens with zero attached hydrogens (tertiary/aromatic N) is 1. The largest absolute Gasteiger partial charge is 0.465 e. The number of nitrogens with one attached hydrogen (secondary N) is 1. The SMILES string of the molecule is COC(=O)c1ccccc1NC(=O)CN(c1ccc(Cl)cc1C)S(C)(=O)=O. The zero-order chi connectivity index (χ0) is 20.2. The number of benzene rings is 2. The number of para-hydroxylation sites is 1. The Labute approximate surface area is 162 Å². The molecule has 1 N–H and O–H groups in total. The molecule has 0 bridgehead atoms. The van der Waals surface area contributed by atoms with Gasteiger partial charge in [-0.1, -0.05) is 23.7 Å². The lowest BCUT2D eigenvalue weighted by Gasteiger charge is -2.24. The van der Waals surface area contributed by atoms with Crippen LogP contribution in [0.3, 0.4) is 0 Å². The number of amides is 1. The molecule has 0 heterocycles. The van der Waals surface area contributed by atoms with Crippen LogP contribution >= 0.6 is 11.6 Å². The molecule has 144 valence electrons. The highest BCUT2D eigenvalue weighted by atomic mass is 35.5. The number of rotatable bonds is 6. The monoisotopic (exact) mass is 410 g/mol. The Hall–Kier alpha value is -2.58. The fourth-order valence-corrected chi connectivity index (χ4v) is 3.62. The molecular weight excluding hydrogens is 392 g/mol. The molecule has 0 aliphatic heterocycles. The first-order valence-electron chi connectivity index (χ1n) is 7.84. The molecule has 0 atom stereocenters. The number of methoxy groups -OCH3 is 1. The number of carbonyl (C=O) groups is 2. The fourth-order valence-electron chi connectivity index (χ4n) is 2.48. The molecule has 0 unspecified atom stereocenters. The van der Waals surface area contributed by atoms with Gasteiger partial charge in [0, 0.05) is 5.02 Å². The second-order valence-corrected chi connectivity index (χ2v) is 8.13. The third-order valence-electron chi connectivity index (χ3n) is 3.72. The van der Waals surface area contributed by atoms with Gasteiger partial charge < -0.3 is 10.1 Å². The lowest BCUT2D eigenvalue weighted by molar-refractivity contribution is -0.114. The van der Waals surface area contributed by atoms with E-state index in [0.29, 0.717) is 16.3 Å². The minimum Gasteiger partial charge on any atom is -0.465 e. The molecule has 0 radical (unpaired) electrons. The average molecular weight is 411 g/mol. The van der Waals surface area contributed by atoms with E-state index in [1.165, 1.54) is 25.3 Å². The number of anilines is 2. The van der Waals surface area contributed by atoms with Crippen LogP contribution in [0.4, 0.5) is 11.4 Å². The summed E-state index contributed by atoms with van der Waals surface area (Å²) < 4.78 is 30.1. The number of esters is 1. The minimum atomic E-state index is -3.73. The number of hydrogen-bond donors (Lipinski definition) is 1. The van der Waals surface area contributed by atoms with Crippen molar-refractivity contribution >= 4 is 44.9 Å². The maximum Gasteiger partial charge on any atom is 0.339 e. The molecule has 0 saturated carbocycles. The highest BCUT2D eigenvalue weighted by Crippen LogP contribution is 2.25. The average Bonchev–Trinajstić information content (AvgIpc) is 2.59. The van der Waals surface area contributed by atoms with Crippen molar-refractivity contribution in [1.82, 2.24) is 0 Å². The second-order valence-electron chi connectivity index (χ2n) is 5.79. The van der Waals surface area contributed by atoms with Gasteiger partial charge in [-0.3, -0.25) is 9.10 Å². The van der Waals surface area contributed by atoms with Crippen molar-refractivity contribution in [3.05, 3.63) is 58.6 Å². The van der Waals surface area contributed by atoms with E-state index in [0.717, 1.165) is 10.6 Å². The predicted octanol–water partition coefficient (Wildman–Crippen LogP) is 2.84. The van der Waals surface area contributed by atoms with E-state index in [1.807, 2.05) is 0 Å². The number of hydrogen-bond acceptors (Lipinski definition) is 5. The molecule has 2 rings (SSSR count).